The summed E-state index contributed by atoms with van der Waals surface area (Å²) in [4.78, 5) is 125. The maximum atomic E-state index is 13.8. The van der Waals surface area contributed by atoms with Crippen LogP contribution in [-0.4, -0.2) is 315 Å². The van der Waals surface area contributed by atoms with Gasteiger partial charge in [0.05, 0.1) is 155 Å². The van der Waals surface area contributed by atoms with Crippen molar-refractivity contribution in [3.05, 3.63) is 212 Å². The molecule has 0 fully saturated rings. The minimum Gasteiger partial charge on any atom is -0.870 e. The molecule has 149 heavy (non-hydrogen) atoms. The number of nitrogens with zero attached hydrogens (tertiary/aromatic N) is 3. The van der Waals surface area contributed by atoms with Crippen LogP contribution in [0, 0.1) is 11.6 Å². The van der Waals surface area contributed by atoms with Crippen LogP contribution in [0.1, 0.15) is 144 Å². The molecule has 0 aliphatic rings. The molecule has 48 heteroatoms. The summed E-state index contributed by atoms with van der Waals surface area (Å²) in [7, 11) is 14.2. The van der Waals surface area contributed by atoms with Gasteiger partial charge in [-0.1, -0.05) is 47.1 Å². The molecule has 816 valence electrons. The smallest absolute Gasteiger partial charge is 0.870 e. The first-order chi connectivity index (χ1) is 70.5. The van der Waals surface area contributed by atoms with E-state index in [1.165, 1.54) is 159 Å². The molecule has 0 bridgehead atoms. The monoisotopic (exact) mass is 2220 g/mol. The molecule has 16 N–H and O–H groups in total. The number of hydrogen-bond donors (Lipinski definition) is 12. The molecule has 0 unspecified atom stereocenters. The molecule has 2 amide bonds. The summed E-state index contributed by atoms with van der Waals surface area (Å²) in [6.45, 7) is 9.14. The van der Waals surface area contributed by atoms with Crippen LogP contribution in [0.3, 0.4) is 0 Å². The van der Waals surface area contributed by atoms with E-state index in [0.29, 0.717) is 124 Å². The van der Waals surface area contributed by atoms with E-state index in [1.54, 1.807) is 123 Å². The number of phenolic OH excluding ortho intramolecular Hbond substituents is 1. The van der Waals surface area contributed by atoms with E-state index in [-0.39, 0.29) is 251 Å². The van der Waals surface area contributed by atoms with Gasteiger partial charge < -0.3 is 134 Å². The predicted octanol–water partition coefficient (Wildman–Crippen LogP) is 8.16. The fourth-order valence-corrected chi connectivity index (χ4v) is 12.7. The third-order valence-electron chi connectivity index (χ3n) is 17.8. The van der Waals surface area contributed by atoms with Crippen molar-refractivity contribution in [1.29, 1.82) is 0 Å². The van der Waals surface area contributed by atoms with Crippen LogP contribution in [0.2, 0.25) is 0 Å². The first-order valence-electron chi connectivity index (χ1n) is 44.6. The number of Topliss-reactive ketones (excluding diaryl/α,β-unsaturated/α-hetero) is 3. The Kier molecular flexibility index (Phi) is 79.5. The van der Waals surface area contributed by atoms with Crippen LogP contribution in [0.5, 0.6) is 69.0 Å². The summed E-state index contributed by atoms with van der Waals surface area (Å²) in [5, 5.41) is 88.7. The van der Waals surface area contributed by atoms with E-state index in [2.05, 4.69) is 35.2 Å². The summed E-state index contributed by atoms with van der Waals surface area (Å²) in [5.74, 6) is 5.27. The van der Waals surface area contributed by atoms with E-state index < -0.39 is 17.9 Å². The summed E-state index contributed by atoms with van der Waals surface area (Å²) >= 11 is 5.53. The van der Waals surface area contributed by atoms with E-state index >= 15 is 0 Å². The number of aliphatic hydroxyl groups is 7. The van der Waals surface area contributed by atoms with Gasteiger partial charge in [0.1, 0.15) is 44.7 Å². The molecular formula is C101H132BrF2KN6O36S2. The van der Waals surface area contributed by atoms with Gasteiger partial charge in [0.25, 0.3) is 0 Å². The number of phenols is 1. The number of halogens is 3. The predicted molar refractivity (Wildman–Crippen MR) is 552 cm³/mol. The number of rotatable bonds is 43. The quantitative estimate of drug-likeness (QED) is 0.00164. The average molecular weight is 2230 g/mol. The number of benzene rings is 8. The van der Waals surface area contributed by atoms with E-state index in [0.717, 1.165) is 28.8 Å². The number of carboxylic acids is 1. The number of alkyl halides is 1. The maximum absolute atomic E-state index is 13.8. The number of ketones is 3. The summed E-state index contributed by atoms with van der Waals surface area (Å²) < 4.78 is 103. The van der Waals surface area contributed by atoms with Crippen molar-refractivity contribution in [3.63, 3.8) is 0 Å². The third kappa shape index (κ3) is 54.5. The number of aldehydes is 1. The number of amides is 2. The first-order valence-corrected chi connectivity index (χ1v) is 47.4. The van der Waals surface area contributed by atoms with Crippen molar-refractivity contribution < 1.29 is 235 Å². The Morgan fingerprint density at radius 2 is 0.725 bits per heavy atom. The number of esters is 4. The molecule has 0 aliphatic carbocycles. The van der Waals surface area contributed by atoms with Gasteiger partial charge in [-0.15, -0.1) is 22.7 Å². The van der Waals surface area contributed by atoms with Crippen molar-refractivity contribution >= 4 is 130 Å². The number of aromatic carboxylic acids is 1. The Hall–Kier alpha value is -12.5. The Bertz CT molecular complexity index is 5660. The van der Waals surface area contributed by atoms with Crippen LogP contribution in [0.25, 0.3) is 20.2 Å². The normalized spacial score (nSPS) is 9.74. The van der Waals surface area contributed by atoms with Gasteiger partial charge >= 0.3 is 81.2 Å². The molecule has 0 atom stereocenters. The van der Waals surface area contributed by atoms with Crippen molar-refractivity contribution in [1.82, 2.24) is 10.0 Å². The minimum atomic E-state index is -1.03. The number of aliphatic hydroxyl groups excluding tert-OH is 7. The van der Waals surface area contributed by atoms with E-state index in [4.69, 9.17) is 115 Å². The number of carbonyl (C=O) groups is 11. The zero-order valence-corrected chi connectivity index (χ0v) is 91.9. The Labute approximate surface area is 920 Å². The Balaban J connectivity index is -0.00000165. The van der Waals surface area contributed by atoms with Crippen LogP contribution >= 0.6 is 38.6 Å². The van der Waals surface area contributed by atoms with E-state index in [9.17, 15) is 66.6 Å². The number of hydrogen-bond acceptors (Lipinski definition) is 41. The number of fused-ring (bicyclic) bond motifs is 2. The number of hydrazine groups is 1. The second kappa shape index (κ2) is 84.3. The topological polar surface area (TPSA) is 635 Å². The molecule has 0 spiro atoms. The molecule has 0 aliphatic heterocycles. The first kappa shape index (κ1) is 141. The molecule has 10 rings (SSSR count). The van der Waals surface area contributed by atoms with Crippen molar-refractivity contribution in [3.8, 4) is 69.0 Å². The zero-order valence-electron chi connectivity index (χ0n) is 85.5. The second-order valence-electron chi connectivity index (χ2n) is 28.0. The standard InChI is InChI=1S/C23H23FN2O5S.C15H20O6.C14H20N2O5.C11H14O5.C10H12O5.C9H5FOS.C9H10O4.C4H9NO2.C2H5BrO.C2H7N.C2H6O.K.H2O/c1-26(25-13-16-14-32-23-17(16)4-3-5-18(23)24)22(29)9-7-19(28)15-6-8-20(31-11-10-27)21(12-15)30-2;1-3-20-15(18)7-5-12(17)11-4-6-13(21-9-8-16)14(10-11)19-2;1-16(15)14(19)6-4-11(18)10-3-5-12(21-8-7-17)13(9-10)20-2;1-14-10-7-8(11(13)15-2)3-4-9(10)16-6-5-12;1-14-9-6-7(10(12)13)2-3-8(9)15-5-4-11;10-8-3-1-2-7-6(4-11)5-12-9(7)8;1-12-8-5-6(9(11)13-2)3-4-7(8)10;1-2-7-4(6)3-5;3-1-2-4;2*1-2-3;;/h3-6,8,12-14,27H,7,9-11H2,1-2H3;4,6,10,16H,3,5,7-9H2,1-2H3;3,5,9,17H,4,6-8,15H2,1-2H3;3-4,7,12H,5-6H2,1-2H3;2-3,6,11H,4-5H2,1H3,(H,12,13);1-5H;3-5,10H,1-2H3;2-3,5H2,1H3;4H,1-2H2;2-3H2,1H3;3H,2H2,1H3;;1H2/q;;;;;;;;;;;+1;/p-1/b25-13+;;;;;;;;;;;;. The molecule has 0 saturated heterocycles. The average Bonchev–Trinajstić information content (AvgIpc) is 1.65. The van der Waals surface area contributed by atoms with Gasteiger partial charge in [0.2, 0.25) is 11.8 Å². The molecule has 42 nitrogen and oxygen atoms in total. The SMILES string of the molecule is CCN.CCO.CCOC(=O)CCC(=O)c1ccc(OCCO)c(OC)c1.CCOC(=O)CN.COC(=O)c1ccc(O)c(OC)c1.COC(=O)c1ccc(OCCO)c(OC)c1.COc1cc(C(=O)CCC(=O)N(C)/N=C/c2csc3c(F)cccc23)ccc1OCCO.COc1cc(C(=O)CCC(=O)N(C)N)ccc1OCCO.COc1cc(C(=O)O)ccc1OCCO.O=Cc1csc2c(F)cccc12.OCCBr.[K+].[OH-]. The summed E-state index contributed by atoms with van der Waals surface area (Å²) in [6, 6.07) is 37.0. The Morgan fingerprint density at radius 3 is 1.03 bits per heavy atom. The van der Waals surface area contributed by atoms with Crippen molar-refractivity contribution in [2.24, 2.45) is 22.4 Å². The summed E-state index contributed by atoms with van der Waals surface area (Å²) in [5.41, 5.74) is 13.1. The van der Waals surface area contributed by atoms with Crippen LogP contribution in [0.15, 0.2) is 161 Å². The number of carbonyl (C=O) groups excluding carboxylic acids is 10. The number of ether oxygens (including phenoxy) is 15. The Morgan fingerprint density at radius 1 is 0.423 bits per heavy atom. The van der Waals surface area contributed by atoms with Gasteiger partial charge in [-0.05, 0) is 149 Å². The second-order valence-corrected chi connectivity index (χ2v) is 30.5. The van der Waals surface area contributed by atoms with Crippen LogP contribution in [-0.2, 0) is 38.1 Å². The molecule has 10 aromatic rings. The number of aromatic hydroxyl groups is 1. The fraction of sp³-hybridized carbons (Fsp3) is 0.366. The maximum Gasteiger partial charge on any atom is 1.00 e. The van der Waals surface area contributed by atoms with Crippen molar-refractivity contribution in [2.45, 2.75) is 66.2 Å². The number of methoxy groups -OCH3 is 8. The summed E-state index contributed by atoms with van der Waals surface area (Å²) in [6.07, 6.45) is 2.50. The number of thiophene rings is 2. The van der Waals surface area contributed by atoms with Gasteiger partial charge in [-0.3, -0.25) is 43.4 Å². The fourth-order valence-electron chi connectivity index (χ4n) is 10.9. The molecular weight excluding hydrogens is 2090 g/mol. The number of nitrogens with two attached hydrogens (primary N) is 3. The molecule has 2 heterocycles. The number of carboxylic acid groups (broad SMARTS) is 1. The minimum absolute atomic E-state index is 0. The van der Waals surface area contributed by atoms with E-state index in [1.807, 2.05) is 6.92 Å². The number of hydrazone groups is 1. The van der Waals surface area contributed by atoms with Gasteiger partial charge in [-0.2, -0.15) is 5.10 Å². The molecule has 8 aromatic carbocycles. The molecule has 2 aromatic heterocycles. The zero-order chi connectivity index (χ0) is 111. The van der Waals surface area contributed by atoms with Crippen molar-refractivity contribution in [2.75, 3.05) is 182 Å². The molecule has 0 saturated carbocycles. The van der Waals surface area contributed by atoms with Gasteiger partial charge in [0.15, 0.2) is 92.6 Å². The van der Waals surface area contributed by atoms with Crippen LogP contribution < -0.4 is 121 Å². The van der Waals surface area contributed by atoms with Crippen LogP contribution in [0.4, 0.5) is 8.78 Å². The van der Waals surface area contributed by atoms with Gasteiger partial charge in [-0.25, -0.2) is 34.0 Å². The largest absolute Gasteiger partial charge is 1.00 e. The molecule has 0 radical (unpaired) electrons. The third-order valence-corrected chi connectivity index (χ3v) is 20.2. The van der Waals surface area contributed by atoms with Gasteiger partial charge in [0, 0.05) is 107 Å².